The molecule has 0 unspecified atom stereocenters. The molecule has 0 aromatic heterocycles. The van der Waals surface area contributed by atoms with Gasteiger partial charge in [-0.15, -0.1) is 0 Å². The van der Waals surface area contributed by atoms with Gasteiger partial charge in [0.05, 0.1) is 18.0 Å². The quantitative estimate of drug-likeness (QED) is 0.542. The van der Waals surface area contributed by atoms with Gasteiger partial charge >= 0.3 is 0 Å². The maximum absolute atomic E-state index is 13.1. The maximum Gasteiger partial charge on any atom is 0.233 e. The summed E-state index contributed by atoms with van der Waals surface area (Å²) in [6, 6.07) is 30.8. The van der Waals surface area contributed by atoms with Gasteiger partial charge in [-0.3, -0.25) is 4.79 Å². The fourth-order valence-corrected chi connectivity index (χ4v) is 3.84. The van der Waals surface area contributed by atoms with Crippen molar-refractivity contribution >= 4 is 12.0 Å². The summed E-state index contributed by atoms with van der Waals surface area (Å²) in [5.41, 5.74) is 3.46. The van der Waals surface area contributed by atoms with Gasteiger partial charge in [-0.05, 0) is 23.6 Å². The van der Waals surface area contributed by atoms with Gasteiger partial charge in [-0.2, -0.15) is 0 Å². The zero-order valence-corrected chi connectivity index (χ0v) is 15.4. The van der Waals surface area contributed by atoms with Crippen molar-refractivity contribution in [2.24, 2.45) is 5.92 Å². The molecule has 1 fully saturated rings. The maximum atomic E-state index is 13.1. The van der Waals surface area contributed by atoms with Crippen LogP contribution in [0.3, 0.4) is 0 Å². The van der Waals surface area contributed by atoms with Gasteiger partial charge in [0.15, 0.2) is 0 Å². The Bertz CT molecular complexity index is 918. The van der Waals surface area contributed by atoms with Gasteiger partial charge in [-0.25, -0.2) is 0 Å². The first-order chi connectivity index (χ1) is 13.3. The molecule has 1 aliphatic heterocycles. The van der Waals surface area contributed by atoms with Crippen molar-refractivity contribution in [1.29, 1.82) is 0 Å². The molecule has 1 saturated heterocycles. The van der Waals surface area contributed by atoms with E-state index in [0.717, 1.165) is 11.1 Å². The van der Waals surface area contributed by atoms with Gasteiger partial charge in [0, 0.05) is 0 Å². The smallest absolute Gasteiger partial charge is 0.233 e. The van der Waals surface area contributed by atoms with Crippen molar-refractivity contribution < 1.29 is 4.79 Å². The fraction of sp³-hybridized carbons (Fsp3) is 0.160. The normalized spacial score (nSPS) is 20.5. The van der Waals surface area contributed by atoms with E-state index >= 15 is 0 Å². The molecule has 4 rings (SSSR count). The molecule has 0 spiro atoms. The molecule has 0 radical (unpaired) electrons. The van der Waals surface area contributed by atoms with E-state index in [2.05, 4.69) is 55.5 Å². The highest BCUT2D eigenvalue weighted by molar-refractivity contribution is 5.89. The lowest BCUT2D eigenvalue weighted by atomic mass is 9.80. The Morgan fingerprint density at radius 2 is 1.37 bits per heavy atom. The lowest BCUT2D eigenvalue weighted by Gasteiger charge is -2.50. The largest absolute Gasteiger partial charge is 0.327 e. The second-order valence-electron chi connectivity index (χ2n) is 6.98. The second kappa shape index (κ2) is 7.63. The average molecular weight is 353 g/mol. The van der Waals surface area contributed by atoms with Crippen LogP contribution in [0.15, 0.2) is 97.1 Å². The summed E-state index contributed by atoms with van der Waals surface area (Å²) in [6.45, 7) is 2.11. The number of nitrogens with zero attached hydrogens (tertiary/aromatic N) is 1. The number of hydrogen-bond acceptors (Lipinski definition) is 1. The van der Waals surface area contributed by atoms with Crippen molar-refractivity contribution in [2.45, 2.75) is 19.0 Å². The predicted molar refractivity (Wildman–Crippen MR) is 110 cm³/mol. The highest BCUT2D eigenvalue weighted by Crippen LogP contribution is 2.46. The number of rotatable bonds is 5. The van der Waals surface area contributed by atoms with E-state index in [-0.39, 0.29) is 23.9 Å². The Morgan fingerprint density at radius 3 is 2.00 bits per heavy atom. The molecule has 2 nitrogen and oxygen atoms in total. The van der Waals surface area contributed by atoms with E-state index in [1.54, 1.807) is 0 Å². The van der Waals surface area contributed by atoms with E-state index in [1.807, 2.05) is 59.5 Å². The van der Waals surface area contributed by atoms with Crippen molar-refractivity contribution in [3.8, 4) is 0 Å². The van der Waals surface area contributed by atoms with Crippen LogP contribution in [0, 0.1) is 5.92 Å². The summed E-state index contributed by atoms with van der Waals surface area (Å²) >= 11 is 0. The number of β-lactam (4-membered cyclic amide) rings is 1. The van der Waals surface area contributed by atoms with Crippen LogP contribution < -0.4 is 0 Å². The summed E-state index contributed by atoms with van der Waals surface area (Å²) in [5.74, 6) is 0.0613. The SMILES string of the molecule is C[C@H](c1ccccc1)N1C(=O)[C@H](/C=C/c2ccccc2)[C@H]1c1ccccc1. The minimum absolute atomic E-state index is 0.0466. The Labute approximate surface area is 160 Å². The van der Waals surface area contributed by atoms with Crippen LogP contribution in [0.25, 0.3) is 6.08 Å². The van der Waals surface area contributed by atoms with Gasteiger partial charge in [0.1, 0.15) is 0 Å². The first-order valence-electron chi connectivity index (χ1n) is 9.41. The molecule has 0 saturated carbocycles. The van der Waals surface area contributed by atoms with Crippen molar-refractivity contribution in [2.75, 3.05) is 0 Å². The van der Waals surface area contributed by atoms with Crippen LogP contribution in [0.2, 0.25) is 0 Å². The van der Waals surface area contributed by atoms with Crippen molar-refractivity contribution in [3.63, 3.8) is 0 Å². The zero-order chi connectivity index (χ0) is 18.6. The lowest BCUT2D eigenvalue weighted by molar-refractivity contribution is -0.157. The Balaban J connectivity index is 1.64. The number of hydrogen-bond donors (Lipinski definition) is 0. The Morgan fingerprint density at radius 1 is 0.815 bits per heavy atom. The summed E-state index contributed by atoms with van der Waals surface area (Å²) in [4.78, 5) is 15.1. The van der Waals surface area contributed by atoms with E-state index in [4.69, 9.17) is 0 Å². The molecule has 0 bridgehead atoms. The molecule has 134 valence electrons. The number of benzene rings is 3. The van der Waals surface area contributed by atoms with Crippen molar-refractivity contribution in [1.82, 2.24) is 4.90 Å². The van der Waals surface area contributed by atoms with E-state index in [0.29, 0.717) is 0 Å². The predicted octanol–water partition coefficient (Wildman–Crippen LogP) is 5.66. The third-order valence-corrected chi connectivity index (χ3v) is 5.32. The topological polar surface area (TPSA) is 20.3 Å². The third-order valence-electron chi connectivity index (χ3n) is 5.32. The van der Waals surface area contributed by atoms with Crippen LogP contribution in [-0.4, -0.2) is 10.8 Å². The zero-order valence-electron chi connectivity index (χ0n) is 15.4. The Kier molecular flexibility index (Phi) is 4.88. The van der Waals surface area contributed by atoms with E-state index < -0.39 is 0 Å². The van der Waals surface area contributed by atoms with Gasteiger partial charge < -0.3 is 4.90 Å². The fourth-order valence-electron chi connectivity index (χ4n) is 3.84. The lowest BCUT2D eigenvalue weighted by Crippen LogP contribution is -2.54. The molecule has 2 heteroatoms. The summed E-state index contributed by atoms with van der Waals surface area (Å²) in [6.07, 6.45) is 4.12. The minimum Gasteiger partial charge on any atom is -0.327 e. The minimum atomic E-state index is -0.126. The third kappa shape index (κ3) is 3.43. The van der Waals surface area contributed by atoms with Gasteiger partial charge in [0.2, 0.25) is 5.91 Å². The standard InChI is InChI=1S/C25H23NO/c1-19(21-13-7-3-8-14-21)26-24(22-15-9-4-10-16-22)23(25(26)27)18-17-20-11-5-2-6-12-20/h2-19,23-24H,1H3/b18-17+/t19-,23-,24-/m1/s1. The molecule has 3 aromatic carbocycles. The number of likely N-dealkylation sites (tertiary alicyclic amines) is 1. The van der Waals surface area contributed by atoms with Gasteiger partial charge in [-0.1, -0.05) is 103 Å². The molecule has 1 aliphatic rings. The number of carbonyl (C=O) groups excluding carboxylic acids is 1. The highest BCUT2D eigenvalue weighted by atomic mass is 16.2. The first kappa shape index (κ1) is 17.3. The monoisotopic (exact) mass is 353 g/mol. The second-order valence-corrected chi connectivity index (χ2v) is 6.98. The van der Waals surface area contributed by atoms with E-state index in [9.17, 15) is 4.79 Å². The molecule has 3 atom stereocenters. The van der Waals surface area contributed by atoms with Crippen LogP contribution >= 0.6 is 0 Å². The summed E-state index contributed by atoms with van der Waals surface area (Å²) < 4.78 is 0. The van der Waals surface area contributed by atoms with Gasteiger partial charge in [0.25, 0.3) is 0 Å². The highest BCUT2D eigenvalue weighted by Gasteiger charge is 2.48. The molecule has 1 amide bonds. The van der Waals surface area contributed by atoms with Crippen LogP contribution in [-0.2, 0) is 4.79 Å². The summed E-state index contributed by atoms with van der Waals surface area (Å²) in [5, 5.41) is 0. The van der Waals surface area contributed by atoms with Crippen LogP contribution in [0.4, 0.5) is 0 Å². The van der Waals surface area contributed by atoms with E-state index in [1.165, 1.54) is 5.56 Å². The summed E-state index contributed by atoms with van der Waals surface area (Å²) in [7, 11) is 0. The van der Waals surface area contributed by atoms with Crippen LogP contribution in [0.1, 0.15) is 35.7 Å². The molecular weight excluding hydrogens is 330 g/mol. The average Bonchev–Trinajstić information content (AvgIpc) is 2.74. The van der Waals surface area contributed by atoms with Crippen LogP contribution in [0.5, 0.6) is 0 Å². The molecule has 0 N–H and O–H groups in total. The molecule has 27 heavy (non-hydrogen) atoms. The molecule has 0 aliphatic carbocycles. The first-order valence-corrected chi connectivity index (χ1v) is 9.41. The molecule has 3 aromatic rings. The molecular formula is C25H23NO. The molecule has 1 heterocycles. The number of carbonyl (C=O) groups is 1. The Hall–Kier alpha value is -3.13. The van der Waals surface area contributed by atoms with Crippen molar-refractivity contribution in [3.05, 3.63) is 114 Å². The number of amides is 1.